The molecule has 1 amide bonds. The normalized spacial score (nSPS) is 16.3. The third-order valence-corrected chi connectivity index (χ3v) is 5.05. The van der Waals surface area contributed by atoms with Crippen molar-refractivity contribution >= 4 is 46.5 Å². The van der Waals surface area contributed by atoms with Crippen LogP contribution in [0, 0.1) is 0 Å². The van der Waals surface area contributed by atoms with E-state index in [1.54, 1.807) is 42.5 Å². The van der Waals surface area contributed by atoms with Gasteiger partial charge < -0.3 is 14.9 Å². The van der Waals surface area contributed by atoms with Crippen LogP contribution in [0.5, 0.6) is 5.75 Å². The lowest BCUT2D eigenvalue weighted by Crippen LogP contribution is -2.28. The molecule has 1 aliphatic heterocycles. The lowest BCUT2D eigenvalue weighted by molar-refractivity contribution is -0.139. The molecule has 3 rings (SSSR count). The monoisotopic (exact) mass is 426 g/mol. The Morgan fingerprint density at radius 3 is 2.63 bits per heavy atom. The molecular formula is C21H18N2O6S. The van der Waals surface area contributed by atoms with Gasteiger partial charge in [0.05, 0.1) is 16.2 Å². The second-order valence-electron chi connectivity index (χ2n) is 6.16. The van der Waals surface area contributed by atoms with Gasteiger partial charge in [-0.05, 0) is 60.7 Å². The van der Waals surface area contributed by atoms with Crippen LogP contribution in [0.2, 0.25) is 0 Å². The maximum absolute atomic E-state index is 12.8. The first-order valence-corrected chi connectivity index (χ1v) is 9.77. The van der Waals surface area contributed by atoms with E-state index in [4.69, 9.17) is 14.9 Å². The predicted molar refractivity (Wildman–Crippen MR) is 113 cm³/mol. The number of carbonyl (C=O) groups excluding carboxylic acids is 1. The van der Waals surface area contributed by atoms with E-state index in [9.17, 15) is 14.4 Å². The molecule has 0 aliphatic carbocycles. The number of thioether (sulfide) groups is 1. The van der Waals surface area contributed by atoms with E-state index in [1.807, 2.05) is 6.92 Å². The highest BCUT2D eigenvalue weighted by atomic mass is 32.2. The number of nitrogens with zero attached hydrogens (tertiary/aromatic N) is 2. The highest BCUT2D eigenvalue weighted by Gasteiger charge is 2.32. The summed E-state index contributed by atoms with van der Waals surface area (Å²) in [5.41, 5.74) is 1.23. The van der Waals surface area contributed by atoms with E-state index in [0.717, 1.165) is 0 Å². The van der Waals surface area contributed by atoms with Crippen LogP contribution in [0.3, 0.4) is 0 Å². The lowest BCUT2D eigenvalue weighted by atomic mass is 10.2. The van der Waals surface area contributed by atoms with E-state index >= 15 is 0 Å². The fourth-order valence-corrected chi connectivity index (χ4v) is 3.74. The molecule has 9 heteroatoms. The summed E-state index contributed by atoms with van der Waals surface area (Å²) in [6.07, 6.45) is 1.68. The van der Waals surface area contributed by atoms with E-state index < -0.39 is 18.5 Å². The van der Waals surface area contributed by atoms with Crippen LogP contribution in [-0.4, -0.2) is 51.3 Å². The van der Waals surface area contributed by atoms with Gasteiger partial charge in [-0.25, -0.2) is 14.6 Å². The van der Waals surface area contributed by atoms with Crippen LogP contribution in [-0.2, 0) is 9.59 Å². The molecule has 2 aromatic rings. The molecule has 1 saturated heterocycles. The fraction of sp³-hybridized carbons (Fsp3) is 0.143. The summed E-state index contributed by atoms with van der Waals surface area (Å²) in [7, 11) is 0. The van der Waals surface area contributed by atoms with Gasteiger partial charge in [-0.1, -0.05) is 18.2 Å². The minimum absolute atomic E-state index is 0.114. The maximum Gasteiger partial charge on any atom is 0.341 e. The Kier molecular flexibility index (Phi) is 6.53. The van der Waals surface area contributed by atoms with Crippen molar-refractivity contribution in [3.8, 4) is 5.75 Å². The summed E-state index contributed by atoms with van der Waals surface area (Å²) in [4.78, 5) is 41.0. The van der Waals surface area contributed by atoms with Crippen molar-refractivity contribution in [2.24, 2.45) is 4.99 Å². The molecule has 0 spiro atoms. The molecule has 0 unspecified atom stereocenters. The standard InChI is InChI=1S/C21H18N2O6S/c1-2-23-19(26)17(10-13-5-3-8-16(9-13)29-12-18(24)25)30-21(23)22-15-7-4-6-14(11-15)20(27)28/h3-11H,2,12H2,1H3,(H,24,25)(H,27,28)/b17-10-,22-21?. The van der Waals surface area contributed by atoms with Crippen LogP contribution in [0.15, 0.2) is 58.4 Å². The third-order valence-electron chi connectivity index (χ3n) is 4.04. The molecule has 2 N–H and O–H groups in total. The van der Waals surface area contributed by atoms with Crippen molar-refractivity contribution in [2.75, 3.05) is 13.2 Å². The largest absolute Gasteiger partial charge is 0.482 e. The number of aromatic carboxylic acids is 1. The molecule has 0 atom stereocenters. The molecule has 8 nitrogen and oxygen atoms in total. The van der Waals surface area contributed by atoms with Gasteiger partial charge in [0.1, 0.15) is 5.75 Å². The highest BCUT2D eigenvalue weighted by molar-refractivity contribution is 8.18. The second-order valence-corrected chi connectivity index (χ2v) is 7.17. The van der Waals surface area contributed by atoms with Crippen LogP contribution in [0.25, 0.3) is 6.08 Å². The maximum atomic E-state index is 12.8. The lowest BCUT2D eigenvalue weighted by Gasteiger charge is -2.12. The van der Waals surface area contributed by atoms with Gasteiger partial charge in [0.15, 0.2) is 11.8 Å². The van der Waals surface area contributed by atoms with E-state index in [1.165, 1.54) is 28.8 Å². The topological polar surface area (TPSA) is 117 Å². The summed E-state index contributed by atoms with van der Waals surface area (Å²) in [6.45, 7) is 1.77. The Bertz CT molecular complexity index is 1060. The van der Waals surface area contributed by atoms with Gasteiger partial charge in [0.2, 0.25) is 0 Å². The molecular weight excluding hydrogens is 408 g/mol. The molecule has 2 aromatic carbocycles. The number of amides is 1. The van der Waals surface area contributed by atoms with Crippen molar-refractivity contribution in [1.82, 2.24) is 4.90 Å². The Balaban J connectivity index is 1.87. The Labute approximate surface area is 176 Å². The number of carbonyl (C=O) groups is 3. The Hall–Kier alpha value is -3.59. The number of carboxylic acids is 2. The zero-order valence-electron chi connectivity index (χ0n) is 15.9. The van der Waals surface area contributed by atoms with Gasteiger partial charge in [0.25, 0.3) is 5.91 Å². The quantitative estimate of drug-likeness (QED) is 0.651. The summed E-state index contributed by atoms with van der Waals surface area (Å²) >= 11 is 1.18. The first kappa shape index (κ1) is 21.1. The first-order chi connectivity index (χ1) is 14.4. The van der Waals surface area contributed by atoms with Crippen molar-refractivity contribution < 1.29 is 29.3 Å². The fourth-order valence-electron chi connectivity index (χ4n) is 2.68. The number of hydrogen-bond donors (Lipinski definition) is 2. The number of aliphatic carboxylic acids is 1. The van der Waals surface area contributed by atoms with Gasteiger partial charge >= 0.3 is 11.9 Å². The predicted octanol–water partition coefficient (Wildman–Crippen LogP) is 3.47. The number of ether oxygens (including phenoxy) is 1. The number of hydrogen-bond acceptors (Lipinski definition) is 6. The zero-order valence-corrected chi connectivity index (χ0v) is 16.8. The van der Waals surface area contributed by atoms with Gasteiger partial charge in [-0.15, -0.1) is 0 Å². The van der Waals surface area contributed by atoms with Gasteiger partial charge in [-0.3, -0.25) is 9.69 Å². The number of amidine groups is 1. The molecule has 1 heterocycles. The minimum atomic E-state index is -1.08. The van der Waals surface area contributed by atoms with Crippen molar-refractivity contribution in [3.05, 3.63) is 64.6 Å². The number of rotatable bonds is 7. The molecule has 0 bridgehead atoms. The van der Waals surface area contributed by atoms with Crippen LogP contribution >= 0.6 is 11.8 Å². The average Bonchev–Trinajstić information content (AvgIpc) is 3.01. The number of aliphatic imine (C=N–C) groups is 1. The van der Waals surface area contributed by atoms with Crippen LogP contribution < -0.4 is 4.74 Å². The smallest absolute Gasteiger partial charge is 0.341 e. The van der Waals surface area contributed by atoms with E-state index in [-0.39, 0.29) is 11.5 Å². The molecule has 0 radical (unpaired) electrons. The molecule has 154 valence electrons. The summed E-state index contributed by atoms with van der Waals surface area (Å²) in [5, 5.41) is 18.3. The van der Waals surface area contributed by atoms with Crippen molar-refractivity contribution in [3.63, 3.8) is 0 Å². The van der Waals surface area contributed by atoms with Gasteiger partial charge in [-0.2, -0.15) is 0 Å². The van der Waals surface area contributed by atoms with Crippen molar-refractivity contribution in [2.45, 2.75) is 6.92 Å². The summed E-state index contributed by atoms with van der Waals surface area (Å²) < 4.78 is 5.17. The SMILES string of the molecule is CCN1C(=O)/C(=C/c2cccc(OCC(=O)O)c2)SC1=Nc1cccc(C(=O)O)c1. The number of benzene rings is 2. The molecule has 0 aromatic heterocycles. The number of likely N-dealkylation sites (N-methyl/N-ethyl adjacent to an activating group) is 1. The zero-order chi connectivity index (χ0) is 21.7. The van der Waals surface area contributed by atoms with E-state index in [2.05, 4.69) is 4.99 Å². The van der Waals surface area contributed by atoms with E-state index in [0.29, 0.717) is 33.6 Å². The molecule has 30 heavy (non-hydrogen) atoms. The Morgan fingerprint density at radius 1 is 1.17 bits per heavy atom. The van der Waals surface area contributed by atoms with Crippen LogP contribution in [0.1, 0.15) is 22.8 Å². The van der Waals surface area contributed by atoms with Crippen LogP contribution in [0.4, 0.5) is 5.69 Å². The van der Waals surface area contributed by atoms with Crippen molar-refractivity contribution in [1.29, 1.82) is 0 Å². The third kappa shape index (κ3) is 5.06. The van der Waals surface area contributed by atoms with Gasteiger partial charge in [0, 0.05) is 6.54 Å². The average molecular weight is 426 g/mol. The Morgan fingerprint density at radius 2 is 1.93 bits per heavy atom. The second kappa shape index (κ2) is 9.27. The summed E-state index contributed by atoms with van der Waals surface area (Å²) in [6, 6.07) is 12.9. The minimum Gasteiger partial charge on any atom is -0.482 e. The highest BCUT2D eigenvalue weighted by Crippen LogP contribution is 2.34. The number of carboxylic acid groups (broad SMARTS) is 2. The molecule has 1 aliphatic rings. The molecule has 1 fully saturated rings. The first-order valence-electron chi connectivity index (χ1n) is 8.95. The molecule has 0 saturated carbocycles. The summed E-state index contributed by atoms with van der Waals surface area (Å²) in [5.74, 6) is -1.96.